The predicted octanol–water partition coefficient (Wildman–Crippen LogP) is 2.11. The summed E-state index contributed by atoms with van der Waals surface area (Å²) in [5.74, 6) is -0.672. The Morgan fingerprint density at radius 1 is 1.37 bits per heavy atom. The molecule has 1 rings (SSSR count). The fourth-order valence-electron chi connectivity index (χ4n) is 1.49. The van der Waals surface area contributed by atoms with Gasteiger partial charge in [0.15, 0.2) is 0 Å². The molecule has 4 nitrogen and oxygen atoms in total. The van der Waals surface area contributed by atoms with Crippen molar-refractivity contribution in [3.63, 3.8) is 0 Å². The molecule has 106 valence electrons. The van der Waals surface area contributed by atoms with E-state index in [1.807, 2.05) is 6.92 Å². The highest BCUT2D eigenvalue weighted by atomic mass is 19.4. The van der Waals surface area contributed by atoms with Crippen LogP contribution in [0, 0.1) is 0 Å². The number of hydrogen-bond acceptors (Lipinski definition) is 3. The van der Waals surface area contributed by atoms with Gasteiger partial charge in [-0.05, 0) is 24.6 Å². The predicted molar refractivity (Wildman–Crippen MR) is 63.4 cm³/mol. The largest absolute Gasteiger partial charge is 0.573 e. The van der Waals surface area contributed by atoms with Crippen LogP contribution < -0.4 is 15.8 Å². The van der Waals surface area contributed by atoms with Crippen molar-refractivity contribution >= 4 is 5.91 Å². The highest BCUT2D eigenvalue weighted by molar-refractivity contribution is 5.73. The molecular formula is C12H15F3N2O2. The minimum absolute atomic E-state index is 0.0979. The highest BCUT2D eigenvalue weighted by Crippen LogP contribution is 2.24. The normalized spacial score (nSPS) is 13.1. The molecule has 1 aromatic rings. The molecule has 0 aromatic heterocycles. The molecule has 1 aromatic carbocycles. The van der Waals surface area contributed by atoms with Crippen molar-refractivity contribution in [2.24, 2.45) is 5.73 Å². The standard InChI is InChI=1S/C12H15F3N2O2/c1-8(17-7-6-11(16)18)9-2-4-10(5-3-9)19-12(13,14)15/h2-5,8,17H,6-7H2,1H3,(H2,16,18). The van der Waals surface area contributed by atoms with E-state index >= 15 is 0 Å². The van der Waals surface area contributed by atoms with Crippen molar-refractivity contribution < 1.29 is 22.7 Å². The van der Waals surface area contributed by atoms with E-state index in [0.29, 0.717) is 6.54 Å². The molecule has 0 bridgehead atoms. The second-order valence-corrected chi connectivity index (χ2v) is 4.01. The number of rotatable bonds is 6. The number of carbonyl (C=O) groups is 1. The summed E-state index contributed by atoms with van der Waals surface area (Å²) in [6, 6.07) is 5.45. The molecule has 0 spiro atoms. The average Bonchev–Trinajstić information content (AvgIpc) is 2.27. The third-order valence-electron chi connectivity index (χ3n) is 2.44. The van der Waals surface area contributed by atoms with Gasteiger partial charge in [-0.2, -0.15) is 0 Å². The number of ether oxygens (including phenoxy) is 1. The van der Waals surface area contributed by atoms with E-state index in [-0.39, 0.29) is 18.2 Å². The van der Waals surface area contributed by atoms with Crippen molar-refractivity contribution in [3.05, 3.63) is 29.8 Å². The summed E-state index contributed by atoms with van der Waals surface area (Å²) in [4.78, 5) is 10.6. The topological polar surface area (TPSA) is 64.3 Å². The van der Waals surface area contributed by atoms with Crippen LogP contribution in [0.15, 0.2) is 24.3 Å². The van der Waals surface area contributed by atoms with Gasteiger partial charge in [-0.3, -0.25) is 4.79 Å². The van der Waals surface area contributed by atoms with Gasteiger partial charge in [0.05, 0.1) is 0 Å². The molecule has 0 radical (unpaired) electrons. The van der Waals surface area contributed by atoms with Gasteiger partial charge in [-0.1, -0.05) is 12.1 Å². The molecule has 0 aliphatic rings. The summed E-state index contributed by atoms with van der Waals surface area (Å²) in [5, 5.41) is 3.03. The summed E-state index contributed by atoms with van der Waals surface area (Å²) in [6.45, 7) is 2.25. The molecule has 0 fully saturated rings. The van der Waals surface area contributed by atoms with E-state index in [0.717, 1.165) is 5.56 Å². The minimum atomic E-state index is -4.69. The highest BCUT2D eigenvalue weighted by Gasteiger charge is 2.30. The van der Waals surface area contributed by atoms with Crippen LogP contribution in [-0.2, 0) is 4.79 Å². The van der Waals surface area contributed by atoms with Gasteiger partial charge in [-0.25, -0.2) is 0 Å². The molecule has 0 aliphatic heterocycles. The first-order chi connectivity index (χ1) is 8.78. The third kappa shape index (κ3) is 6.10. The fraction of sp³-hybridized carbons (Fsp3) is 0.417. The van der Waals surface area contributed by atoms with Crippen LogP contribution in [0.25, 0.3) is 0 Å². The number of nitrogens with one attached hydrogen (secondary N) is 1. The lowest BCUT2D eigenvalue weighted by atomic mass is 10.1. The first-order valence-electron chi connectivity index (χ1n) is 5.65. The molecular weight excluding hydrogens is 261 g/mol. The van der Waals surface area contributed by atoms with Crippen molar-refractivity contribution in [1.82, 2.24) is 5.32 Å². The molecule has 1 amide bonds. The molecule has 0 saturated heterocycles. The third-order valence-corrected chi connectivity index (χ3v) is 2.44. The SMILES string of the molecule is CC(NCCC(N)=O)c1ccc(OC(F)(F)F)cc1. The Balaban J connectivity index is 2.53. The Morgan fingerprint density at radius 3 is 2.42 bits per heavy atom. The van der Waals surface area contributed by atoms with Crippen molar-refractivity contribution in [2.75, 3.05) is 6.54 Å². The number of primary amides is 1. The lowest BCUT2D eigenvalue weighted by Crippen LogP contribution is -2.24. The van der Waals surface area contributed by atoms with Gasteiger partial charge >= 0.3 is 6.36 Å². The summed E-state index contributed by atoms with van der Waals surface area (Å²) in [6.07, 6.45) is -4.48. The summed E-state index contributed by atoms with van der Waals surface area (Å²) in [5.41, 5.74) is 5.78. The summed E-state index contributed by atoms with van der Waals surface area (Å²) >= 11 is 0. The van der Waals surface area contributed by atoms with Crippen molar-refractivity contribution in [2.45, 2.75) is 25.7 Å². The second-order valence-electron chi connectivity index (χ2n) is 4.01. The number of hydrogen-bond donors (Lipinski definition) is 2. The number of benzene rings is 1. The molecule has 3 N–H and O–H groups in total. The van der Waals surface area contributed by atoms with Crippen molar-refractivity contribution in [3.8, 4) is 5.75 Å². The van der Waals surface area contributed by atoms with Gasteiger partial charge in [0.1, 0.15) is 5.75 Å². The van der Waals surface area contributed by atoms with Gasteiger partial charge in [0, 0.05) is 19.0 Å². The fourth-order valence-corrected chi connectivity index (χ4v) is 1.49. The number of amides is 1. The Kier molecular flexibility index (Phi) is 5.17. The Morgan fingerprint density at radius 2 is 1.95 bits per heavy atom. The molecule has 0 aliphatic carbocycles. The van der Waals surface area contributed by atoms with E-state index in [4.69, 9.17) is 5.73 Å². The Bertz CT molecular complexity index is 418. The molecule has 0 heterocycles. The maximum atomic E-state index is 12.0. The first kappa shape index (κ1) is 15.3. The number of halogens is 3. The molecule has 7 heteroatoms. The van der Waals surface area contributed by atoms with Crippen LogP contribution in [0.1, 0.15) is 24.9 Å². The molecule has 19 heavy (non-hydrogen) atoms. The van der Waals surface area contributed by atoms with E-state index in [2.05, 4.69) is 10.1 Å². The first-order valence-corrected chi connectivity index (χ1v) is 5.65. The maximum absolute atomic E-state index is 12.0. The van der Waals surface area contributed by atoms with E-state index in [1.165, 1.54) is 24.3 Å². The van der Waals surface area contributed by atoms with Crippen LogP contribution in [0.4, 0.5) is 13.2 Å². The zero-order valence-electron chi connectivity index (χ0n) is 10.3. The molecule has 1 atom stereocenters. The average molecular weight is 276 g/mol. The van der Waals surface area contributed by atoms with Crippen LogP contribution in [0.5, 0.6) is 5.75 Å². The Hall–Kier alpha value is -1.76. The van der Waals surface area contributed by atoms with Crippen LogP contribution in [0.2, 0.25) is 0 Å². The van der Waals surface area contributed by atoms with Gasteiger partial charge < -0.3 is 15.8 Å². The molecule has 1 unspecified atom stereocenters. The zero-order chi connectivity index (χ0) is 14.5. The number of alkyl halides is 3. The summed E-state index contributed by atoms with van der Waals surface area (Å²) in [7, 11) is 0. The number of carbonyl (C=O) groups excluding carboxylic acids is 1. The van der Waals surface area contributed by atoms with Gasteiger partial charge in [0.2, 0.25) is 5.91 Å². The maximum Gasteiger partial charge on any atom is 0.573 e. The van der Waals surface area contributed by atoms with Crippen molar-refractivity contribution in [1.29, 1.82) is 0 Å². The van der Waals surface area contributed by atoms with Gasteiger partial charge in [-0.15, -0.1) is 13.2 Å². The van der Waals surface area contributed by atoms with Crippen LogP contribution in [0.3, 0.4) is 0 Å². The lowest BCUT2D eigenvalue weighted by molar-refractivity contribution is -0.274. The van der Waals surface area contributed by atoms with Crippen LogP contribution >= 0.6 is 0 Å². The van der Waals surface area contributed by atoms with E-state index < -0.39 is 12.3 Å². The lowest BCUT2D eigenvalue weighted by Gasteiger charge is -2.14. The minimum Gasteiger partial charge on any atom is -0.406 e. The zero-order valence-corrected chi connectivity index (χ0v) is 10.3. The second kappa shape index (κ2) is 6.42. The molecule has 0 saturated carbocycles. The quantitative estimate of drug-likeness (QED) is 0.836. The Labute approximate surface area is 108 Å². The van der Waals surface area contributed by atoms with E-state index in [9.17, 15) is 18.0 Å². The van der Waals surface area contributed by atoms with E-state index in [1.54, 1.807) is 0 Å². The monoisotopic (exact) mass is 276 g/mol. The van der Waals surface area contributed by atoms with Crippen LogP contribution in [-0.4, -0.2) is 18.8 Å². The summed E-state index contributed by atoms with van der Waals surface area (Å²) < 4.78 is 39.7. The van der Waals surface area contributed by atoms with Gasteiger partial charge in [0.25, 0.3) is 0 Å². The number of nitrogens with two attached hydrogens (primary N) is 1. The smallest absolute Gasteiger partial charge is 0.406 e.